The molecule has 0 amide bonds. The van der Waals surface area contributed by atoms with Crippen LogP contribution in [0, 0.1) is 0 Å². The van der Waals surface area contributed by atoms with Crippen LogP contribution in [0.4, 0.5) is 11.8 Å². The van der Waals surface area contributed by atoms with Gasteiger partial charge >= 0.3 is 0 Å². The zero-order chi connectivity index (χ0) is 18.9. The minimum absolute atomic E-state index is 0.549. The number of hydrogen-bond donors (Lipinski definition) is 1. The van der Waals surface area contributed by atoms with Gasteiger partial charge in [0.05, 0.1) is 13.3 Å². The molecule has 0 radical (unpaired) electrons. The second-order valence-electron chi connectivity index (χ2n) is 6.16. The van der Waals surface area contributed by atoms with E-state index in [1.807, 2.05) is 30.3 Å². The number of aromatic nitrogens is 3. The lowest BCUT2D eigenvalue weighted by molar-refractivity contribution is 0.414. The van der Waals surface area contributed by atoms with Gasteiger partial charge in [0.15, 0.2) is 5.82 Å². The van der Waals surface area contributed by atoms with Crippen LogP contribution in [0.15, 0.2) is 60.8 Å². The van der Waals surface area contributed by atoms with Crippen molar-refractivity contribution in [2.24, 2.45) is 0 Å². The first kappa shape index (κ1) is 18.6. The third kappa shape index (κ3) is 5.41. The van der Waals surface area contributed by atoms with Crippen molar-refractivity contribution in [3.05, 3.63) is 71.9 Å². The molecule has 3 rings (SSSR count). The van der Waals surface area contributed by atoms with Crippen LogP contribution in [-0.4, -0.2) is 35.4 Å². The van der Waals surface area contributed by atoms with E-state index >= 15 is 0 Å². The number of hydrogen-bond acceptors (Lipinski definition) is 6. The molecule has 0 aliphatic carbocycles. The Morgan fingerprint density at radius 2 is 1.78 bits per heavy atom. The summed E-state index contributed by atoms with van der Waals surface area (Å²) in [6.45, 7) is 4.49. The molecular weight excluding hydrogens is 338 g/mol. The predicted octanol–water partition coefficient (Wildman–Crippen LogP) is 3.56. The number of benzene rings is 2. The van der Waals surface area contributed by atoms with Crippen molar-refractivity contribution in [1.82, 2.24) is 15.2 Å². The number of rotatable bonds is 9. The lowest BCUT2D eigenvalue weighted by Crippen LogP contribution is -2.24. The van der Waals surface area contributed by atoms with Crippen LogP contribution in [0.25, 0.3) is 0 Å². The largest absolute Gasteiger partial charge is 0.497 e. The maximum atomic E-state index is 5.18. The molecule has 1 aromatic heterocycles. The molecule has 27 heavy (non-hydrogen) atoms. The van der Waals surface area contributed by atoms with Crippen molar-refractivity contribution in [2.45, 2.75) is 19.9 Å². The van der Waals surface area contributed by atoms with Gasteiger partial charge in [0, 0.05) is 19.6 Å². The lowest BCUT2D eigenvalue weighted by atomic mass is 10.1. The maximum absolute atomic E-state index is 5.18. The molecule has 0 bridgehead atoms. The van der Waals surface area contributed by atoms with Gasteiger partial charge in [-0.15, -0.1) is 5.10 Å². The Hall–Kier alpha value is -3.15. The fourth-order valence-electron chi connectivity index (χ4n) is 2.79. The molecule has 0 saturated heterocycles. The number of nitrogens with zero attached hydrogens (tertiary/aromatic N) is 4. The van der Waals surface area contributed by atoms with E-state index < -0.39 is 0 Å². The topological polar surface area (TPSA) is 63.2 Å². The SMILES string of the molecule is CCN(Cc1ccccc1)c1cnnc(NCCc2ccc(OC)cc2)n1. The van der Waals surface area contributed by atoms with Crippen molar-refractivity contribution in [2.75, 3.05) is 30.4 Å². The second-order valence-corrected chi connectivity index (χ2v) is 6.16. The molecular formula is C21H25N5O. The molecule has 0 saturated carbocycles. The van der Waals surface area contributed by atoms with Crippen molar-refractivity contribution in [3.8, 4) is 5.75 Å². The van der Waals surface area contributed by atoms with Gasteiger partial charge in [0.2, 0.25) is 5.95 Å². The molecule has 0 atom stereocenters. The molecule has 0 aliphatic rings. The van der Waals surface area contributed by atoms with Gasteiger partial charge in [-0.1, -0.05) is 42.5 Å². The van der Waals surface area contributed by atoms with Gasteiger partial charge in [-0.05, 0) is 36.6 Å². The normalized spacial score (nSPS) is 10.4. The number of nitrogens with one attached hydrogen (secondary N) is 1. The zero-order valence-electron chi connectivity index (χ0n) is 15.8. The average molecular weight is 363 g/mol. The Bertz CT molecular complexity index is 823. The Morgan fingerprint density at radius 1 is 1.00 bits per heavy atom. The van der Waals surface area contributed by atoms with Gasteiger partial charge in [0.25, 0.3) is 0 Å². The van der Waals surface area contributed by atoms with Gasteiger partial charge in [-0.2, -0.15) is 10.1 Å². The van der Waals surface area contributed by atoms with Gasteiger partial charge < -0.3 is 15.0 Å². The van der Waals surface area contributed by atoms with E-state index in [1.165, 1.54) is 11.1 Å². The minimum atomic E-state index is 0.549. The molecule has 0 aliphatic heterocycles. The fraction of sp³-hybridized carbons (Fsp3) is 0.286. The molecule has 6 heteroatoms. The van der Waals surface area contributed by atoms with E-state index in [9.17, 15) is 0 Å². The molecule has 0 unspecified atom stereocenters. The summed E-state index contributed by atoms with van der Waals surface area (Å²) in [6, 6.07) is 18.4. The summed E-state index contributed by atoms with van der Waals surface area (Å²) in [4.78, 5) is 6.80. The van der Waals surface area contributed by atoms with Crippen LogP contribution in [0.2, 0.25) is 0 Å². The van der Waals surface area contributed by atoms with E-state index in [-0.39, 0.29) is 0 Å². The summed E-state index contributed by atoms with van der Waals surface area (Å²) in [6.07, 6.45) is 2.58. The lowest BCUT2D eigenvalue weighted by Gasteiger charge is -2.21. The van der Waals surface area contributed by atoms with Crippen LogP contribution in [-0.2, 0) is 13.0 Å². The highest BCUT2D eigenvalue weighted by atomic mass is 16.5. The Morgan fingerprint density at radius 3 is 2.48 bits per heavy atom. The Balaban J connectivity index is 1.58. The molecule has 2 aromatic carbocycles. The van der Waals surface area contributed by atoms with Gasteiger partial charge in [0.1, 0.15) is 5.75 Å². The third-order valence-electron chi connectivity index (χ3n) is 4.32. The van der Waals surface area contributed by atoms with E-state index in [1.54, 1.807) is 13.3 Å². The molecule has 1 heterocycles. The summed E-state index contributed by atoms with van der Waals surface area (Å²) in [5.41, 5.74) is 2.47. The van der Waals surface area contributed by atoms with E-state index in [0.29, 0.717) is 5.95 Å². The summed E-state index contributed by atoms with van der Waals surface area (Å²) in [5, 5.41) is 11.5. The highest BCUT2D eigenvalue weighted by molar-refractivity contribution is 5.41. The fourth-order valence-corrected chi connectivity index (χ4v) is 2.79. The van der Waals surface area contributed by atoms with Crippen molar-refractivity contribution in [3.63, 3.8) is 0 Å². The number of anilines is 2. The van der Waals surface area contributed by atoms with Crippen molar-refractivity contribution >= 4 is 11.8 Å². The standard InChI is InChI=1S/C21H25N5O/c1-3-26(16-18-7-5-4-6-8-18)20-15-23-25-21(24-20)22-14-13-17-9-11-19(27-2)12-10-17/h4-12,15H,3,13-14,16H2,1-2H3,(H,22,24,25). The number of methoxy groups -OCH3 is 1. The van der Waals surface area contributed by atoms with E-state index in [0.717, 1.165) is 37.6 Å². The van der Waals surface area contributed by atoms with Crippen LogP contribution in [0.5, 0.6) is 5.75 Å². The minimum Gasteiger partial charge on any atom is -0.497 e. The number of ether oxygens (including phenoxy) is 1. The molecule has 140 valence electrons. The third-order valence-corrected chi connectivity index (χ3v) is 4.32. The quantitative estimate of drug-likeness (QED) is 0.627. The zero-order valence-corrected chi connectivity index (χ0v) is 15.8. The van der Waals surface area contributed by atoms with Crippen LogP contribution in [0.1, 0.15) is 18.1 Å². The second kappa shape index (κ2) is 9.52. The predicted molar refractivity (Wildman–Crippen MR) is 108 cm³/mol. The van der Waals surface area contributed by atoms with Crippen LogP contribution >= 0.6 is 0 Å². The van der Waals surface area contributed by atoms with Gasteiger partial charge in [-0.3, -0.25) is 0 Å². The average Bonchev–Trinajstić information content (AvgIpc) is 2.73. The summed E-state index contributed by atoms with van der Waals surface area (Å²) < 4.78 is 5.18. The molecule has 3 aromatic rings. The molecule has 0 spiro atoms. The van der Waals surface area contributed by atoms with E-state index in [4.69, 9.17) is 4.74 Å². The van der Waals surface area contributed by atoms with Gasteiger partial charge in [-0.25, -0.2) is 0 Å². The Labute approximate surface area is 160 Å². The monoisotopic (exact) mass is 363 g/mol. The first-order chi connectivity index (χ1) is 13.3. The molecule has 6 nitrogen and oxygen atoms in total. The summed E-state index contributed by atoms with van der Waals surface area (Å²) in [5.74, 6) is 2.24. The summed E-state index contributed by atoms with van der Waals surface area (Å²) >= 11 is 0. The summed E-state index contributed by atoms with van der Waals surface area (Å²) in [7, 11) is 1.67. The highest BCUT2D eigenvalue weighted by Crippen LogP contribution is 2.15. The molecule has 0 fully saturated rings. The van der Waals surface area contributed by atoms with Crippen molar-refractivity contribution < 1.29 is 4.74 Å². The molecule has 1 N–H and O–H groups in total. The first-order valence-corrected chi connectivity index (χ1v) is 9.14. The van der Waals surface area contributed by atoms with Crippen LogP contribution in [0.3, 0.4) is 0 Å². The highest BCUT2D eigenvalue weighted by Gasteiger charge is 2.09. The Kier molecular flexibility index (Phi) is 6.57. The van der Waals surface area contributed by atoms with E-state index in [2.05, 4.69) is 56.6 Å². The maximum Gasteiger partial charge on any atom is 0.244 e. The smallest absolute Gasteiger partial charge is 0.244 e. The van der Waals surface area contributed by atoms with Crippen molar-refractivity contribution in [1.29, 1.82) is 0 Å². The first-order valence-electron chi connectivity index (χ1n) is 9.14. The van der Waals surface area contributed by atoms with Crippen LogP contribution < -0.4 is 15.0 Å².